The molecule has 0 bridgehead atoms. The number of carbonyl (C=O) groups excluding carboxylic acids is 1. The van der Waals surface area contributed by atoms with Crippen molar-refractivity contribution in [2.24, 2.45) is 0 Å². The lowest BCUT2D eigenvalue weighted by Gasteiger charge is -2.33. The molecule has 0 radical (unpaired) electrons. The van der Waals surface area contributed by atoms with Gasteiger partial charge in [0.05, 0.1) is 11.8 Å². The Morgan fingerprint density at radius 3 is 3.00 bits per heavy atom. The number of thioether (sulfide) groups is 1. The molecule has 88 valence electrons. The number of nitrogens with one attached hydrogen (secondary N) is 1. The molecule has 5 nitrogen and oxygen atoms in total. The molecule has 0 aromatic carbocycles. The normalized spacial score (nSPS) is 23.4. The number of carboxylic acids is 1. The molecule has 2 rings (SSSR count). The molecule has 6 heteroatoms. The summed E-state index contributed by atoms with van der Waals surface area (Å²) in [4.78, 5) is 24.6. The van der Waals surface area contributed by atoms with Gasteiger partial charge in [0.2, 0.25) is 5.91 Å². The van der Waals surface area contributed by atoms with Crippen LogP contribution in [-0.4, -0.2) is 40.3 Å². The molecule has 1 amide bonds. The minimum atomic E-state index is -0.991. The van der Waals surface area contributed by atoms with Crippen LogP contribution in [0.3, 0.4) is 0 Å². The fourth-order valence-corrected chi connectivity index (χ4v) is 3.28. The lowest BCUT2D eigenvalue weighted by molar-refractivity contribution is -0.145. The van der Waals surface area contributed by atoms with Crippen LogP contribution in [0.15, 0.2) is 10.6 Å². The van der Waals surface area contributed by atoms with Crippen LogP contribution in [0.25, 0.3) is 0 Å². The Morgan fingerprint density at radius 1 is 1.69 bits per heavy atom. The zero-order valence-corrected chi connectivity index (χ0v) is 9.84. The van der Waals surface area contributed by atoms with E-state index in [-0.39, 0.29) is 17.0 Å². The van der Waals surface area contributed by atoms with Crippen molar-refractivity contribution >= 4 is 23.6 Å². The van der Waals surface area contributed by atoms with Crippen LogP contribution in [0.4, 0.5) is 0 Å². The van der Waals surface area contributed by atoms with E-state index in [1.165, 1.54) is 16.7 Å². The lowest BCUT2D eigenvalue weighted by atomic mass is 10.1. The number of nitrogens with zero attached hydrogens (tertiary/aromatic N) is 1. The summed E-state index contributed by atoms with van der Waals surface area (Å²) in [5, 5.41) is 12.3. The second-order valence-corrected chi connectivity index (χ2v) is 4.99. The molecule has 0 aromatic heterocycles. The summed E-state index contributed by atoms with van der Waals surface area (Å²) >= 11 is 1.51. The summed E-state index contributed by atoms with van der Waals surface area (Å²) in [7, 11) is 0. The molecule has 0 spiro atoms. The number of rotatable bonds is 5. The van der Waals surface area contributed by atoms with Gasteiger partial charge in [-0.3, -0.25) is 9.69 Å². The third kappa shape index (κ3) is 1.82. The highest BCUT2D eigenvalue weighted by atomic mass is 32.2. The summed E-state index contributed by atoms with van der Waals surface area (Å²) in [6.07, 6.45) is 1.15. The predicted molar refractivity (Wildman–Crippen MR) is 60.7 cm³/mol. The van der Waals surface area contributed by atoms with Gasteiger partial charge in [-0.05, 0) is 19.5 Å². The molecule has 0 aromatic rings. The maximum Gasteiger partial charge on any atom is 0.353 e. The topological polar surface area (TPSA) is 69.6 Å². The summed E-state index contributed by atoms with van der Waals surface area (Å²) in [6.45, 7) is 3.63. The standard InChI is InChI=1S/C10H14N2O3S/c1-2-11-4-3-6-9(10(14)15)12-7(13)5-8(12)16-6/h8,11H,2-5H2,1H3,(H,14,15)/t8-/m0/s1. The fraction of sp³-hybridized carbons (Fsp3) is 0.600. The van der Waals surface area contributed by atoms with Crippen molar-refractivity contribution in [2.75, 3.05) is 13.1 Å². The van der Waals surface area contributed by atoms with E-state index < -0.39 is 5.97 Å². The van der Waals surface area contributed by atoms with Gasteiger partial charge in [0.25, 0.3) is 0 Å². The van der Waals surface area contributed by atoms with Crippen LogP contribution in [0.1, 0.15) is 19.8 Å². The van der Waals surface area contributed by atoms with E-state index in [0.29, 0.717) is 12.8 Å². The van der Waals surface area contributed by atoms with E-state index in [1.54, 1.807) is 0 Å². The van der Waals surface area contributed by atoms with Crippen molar-refractivity contribution in [3.8, 4) is 0 Å². The molecule has 1 fully saturated rings. The average Bonchev–Trinajstić information content (AvgIpc) is 2.52. The Bertz CT molecular complexity index is 367. The number of hydrogen-bond donors (Lipinski definition) is 2. The highest BCUT2D eigenvalue weighted by Gasteiger charge is 2.47. The molecule has 2 aliphatic heterocycles. The van der Waals surface area contributed by atoms with Gasteiger partial charge < -0.3 is 10.4 Å². The van der Waals surface area contributed by atoms with Gasteiger partial charge >= 0.3 is 5.97 Å². The second kappa shape index (κ2) is 4.47. The van der Waals surface area contributed by atoms with Crippen molar-refractivity contribution < 1.29 is 14.7 Å². The van der Waals surface area contributed by atoms with Gasteiger partial charge in [0.1, 0.15) is 5.70 Å². The van der Waals surface area contributed by atoms with Crippen LogP contribution in [0.5, 0.6) is 0 Å². The molecule has 0 aliphatic carbocycles. The molecule has 1 saturated heterocycles. The van der Waals surface area contributed by atoms with Crippen LogP contribution in [-0.2, 0) is 9.59 Å². The molecule has 2 N–H and O–H groups in total. The quantitative estimate of drug-likeness (QED) is 0.545. The van der Waals surface area contributed by atoms with Gasteiger partial charge in [-0.1, -0.05) is 6.92 Å². The van der Waals surface area contributed by atoms with Gasteiger partial charge in [-0.15, -0.1) is 11.8 Å². The van der Waals surface area contributed by atoms with E-state index >= 15 is 0 Å². The third-order valence-electron chi connectivity index (χ3n) is 2.67. The fourth-order valence-electron chi connectivity index (χ4n) is 1.88. The van der Waals surface area contributed by atoms with Gasteiger partial charge in [0.15, 0.2) is 0 Å². The molecule has 0 unspecified atom stereocenters. The van der Waals surface area contributed by atoms with E-state index in [0.717, 1.165) is 18.0 Å². The first-order valence-corrected chi connectivity index (χ1v) is 6.19. The molecule has 16 heavy (non-hydrogen) atoms. The average molecular weight is 242 g/mol. The van der Waals surface area contributed by atoms with Crippen molar-refractivity contribution in [1.82, 2.24) is 10.2 Å². The van der Waals surface area contributed by atoms with E-state index in [1.807, 2.05) is 6.92 Å². The zero-order valence-electron chi connectivity index (χ0n) is 9.02. The number of aliphatic carboxylic acids is 1. The van der Waals surface area contributed by atoms with Crippen LogP contribution < -0.4 is 5.32 Å². The van der Waals surface area contributed by atoms with Crippen molar-refractivity contribution in [3.63, 3.8) is 0 Å². The van der Waals surface area contributed by atoms with E-state index in [4.69, 9.17) is 5.11 Å². The Morgan fingerprint density at radius 2 is 2.44 bits per heavy atom. The minimum Gasteiger partial charge on any atom is -0.477 e. The molecule has 2 aliphatic rings. The second-order valence-electron chi connectivity index (χ2n) is 3.72. The lowest BCUT2D eigenvalue weighted by Crippen LogP contribution is -2.48. The minimum absolute atomic E-state index is 0.0372. The Kier molecular flexibility index (Phi) is 3.20. The Labute approximate surface area is 97.9 Å². The summed E-state index contributed by atoms with van der Waals surface area (Å²) in [5.74, 6) is -1.07. The first kappa shape index (κ1) is 11.5. The third-order valence-corrected chi connectivity index (χ3v) is 4.00. The monoisotopic (exact) mass is 242 g/mol. The largest absolute Gasteiger partial charge is 0.477 e. The van der Waals surface area contributed by atoms with Crippen molar-refractivity contribution in [1.29, 1.82) is 0 Å². The Balaban J connectivity index is 2.09. The zero-order chi connectivity index (χ0) is 11.7. The number of hydrogen-bond acceptors (Lipinski definition) is 4. The number of amides is 1. The number of β-lactam (4-membered cyclic amide) rings is 1. The number of fused-ring (bicyclic) bond motifs is 1. The summed E-state index contributed by atoms with van der Waals surface area (Å²) in [6, 6.07) is 0. The van der Waals surface area contributed by atoms with Crippen LogP contribution in [0.2, 0.25) is 0 Å². The summed E-state index contributed by atoms with van der Waals surface area (Å²) in [5.41, 5.74) is 0.198. The first-order valence-electron chi connectivity index (χ1n) is 5.31. The van der Waals surface area contributed by atoms with Crippen LogP contribution in [0, 0.1) is 0 Å². The smallest absolute Gasteiger partial charge is 0.353 e. The van der Waals surface area contributed by atoms with E-state index in [2.05, 4.69) is 5.32 Å². The molecular formula is C10H14N2O3S. The summed E-state index contributed by atoms with van der Waals surface area (Å²) < 4.78 is 0. The van der Waals surface area contributed by atoms with Gasteiger partial charge in [-0.2, -0.15) is 0 Å². The maximum atomic E-state index is 11.3. The van der Waals surface area contributed by atoms with Gasteiger partial charge in [-0.25, -0.2) is 4.79 Å². The van der Waals surface area contributed by atoms with Crippen LogP contribution >= 0.6 is 11.8 Å². The maximum absolute atomic E-state index is 11.3. The predicted octanol–water partition coefficient (Wildman–Crippen LogP) is 0.587. The van der Waals surface area contributed by atoms with Crippen molar-refractivity contribution in [2.45, 2.75) is 25.1 Å². The number of carbonyl (C=O) groups is 2. The van der Waals surface area contributed by atoms with E-state index in [9.17, 15) is 9.59 Å². The molecule has 1 atom stereocenters. The molecule has 0 saturated carbocycles. The first-order chi connectivity index (χ1) is 7.65. The molecule has 2 heterocycles. The highest BCUT2D eigenvalue weighted by Crippen LogP contribution is 2.47. The SMILES string of the molecule is CCNCCC1=C(C(=O)O)N2C(=O)C[C@@H]2S1. The highest BCUT2D eigenvalue weighted by molar-refractivity contribution is 8.04. The Hall–Kier alpha value is -1.01. The molecular weight excluding hydrogens is 228 g/mol. The number of carboxylic acid groups (broad SMARTS) is 1. The van der Waals surface area contributed by atoms with Gasteiger partial charge in [0, 0.05) is 4.91 Å². The van der Waals surface area contributed by atoms with Crippen molar-refractivity contribution in [3.05, 3.63) is 10.6 Å².